The molecule has 0 aromatic heterocycles. The highest BCUT2D eigenvalue weighted by molar-refractivity contribution is 7.92. The lowest BCUT2D eigenvalue weighted by Gasteiger charge is -2.23. The number of alkyl halides is 3. The van der Waals surface area contributed by atoms with Crippen molar-refractivity contribution in [1.82, 2.24) is 5.43 Å². The predicted molar refractivity (Wildman–Crippen MR) is 120 cm³/mol. The summed E-state index contributed by atoms with van der Waals surface area (Å²) in [5, 5.41) is 3.38. The number of nitrogens with one attached hydrogen (secondary N) is 1. The first-order chi connectivity index (χ1) is 16.3. The number of benzene rings is 2. The van der Waals surface area contributed by atoms with E-state index in [4.69, 9.17) is 21.1 Å². The zero-order valence-corrected chi connectivity index (χ0v) is 20.0. The van der Waals surface area contributed by atoms with Gasteiger partial charge in [0.15, 0.2) is 11.5 Å². The Kier molecular flexibility index (Phi) is 8.93. The van der Waals surface area contributed by atoms with Gasteiger partial charge in [-0.3, -0.25) is 9.10 Å². The summed E-state index contributed by atoms with van der Waals surface area (Å²) in [6.45, 7) is -0.896. The van der Waals surface area contributed by atoms with Crippen LogP contribution in [0.15, 0.2) is 41.5 Å². The van der Waals surface area contributed by atoms with E-state index in [1.165, 1.54) is 31.5 Å². The Morgan fingerprint density at radius 2 is 1.83 bits per heavy atom. The van der Waals surface area contributed by atoms with Gasteiger partial charge in [0, 0.05) is 0 Å². The summed E-state index contributed by atoms with van der Waals surface area (Å²) < 4.78 is 78.4. The van der Waals surface area contributed by atoms with Crippen molar-refractivity contribution in [3.8, 4) is 11.5 Å². The van der Waals surface area contributed by atoms with E-state index in [9.17, 15) is 31.2 Å². The van der Waals surface area contributed by atoms with Gasteiger partial charge in [0.2, 0.25) is 10.0 Å². The topological polar surface area (TPSA) is 124 Å². The minimum Gasteiger partial charge on any atom is -0.493 e. The maximum Gasteiger partial charge on any atom is 0.513 e. The molecule has 0 atom stereocenters. The van der Waals surface area contributed by atoms with E-state index in [0.29, 0.717) is 28.3 Å². The lowest BCUT2D eigenvalue weighted by molar-refractivity contribution is -0.137. The highest BCUT2D eigenvalue weighted by Crippen LogP contribution is 2.36. The molecule has 0 aliphatic heterocycles. The van der Waals surface area contributed by atoms with E-state index in [1.807, 2.05) is 0 Å². The molecule has 1 amide bonds. The smallest absolute Gasteiger partial charge is 0.493 e. The Bertz CT molecular complexity index is 1240. The number of carbonyl (C=O) groups is 2. The van der Waals surface area contributed by atoms with Crippen molar-refractivity contribution in [2.75, 3.05) is 31.3 Å². The van der Waals surface area contributed by atoms with Crippen molar-refractivity contribution < 1.29 is 45.4 Å². The first-order valence-corrected chi connectivity index (χ1v) is 11.6. The van der Waals surface area contributed by atoms with Crippen molar-refractivity contribution in [3.05, 3.63) is 52.5 Å². The van der Waals surface area contributed by atoms with Gasteiger partial charge >= 0.3 is 12.3 Å². The quantitative estimate of drug-likeness (QED) is 0.237. The molecule has 0 saturated heterocycles. The third-order valence-corrected chi connectivity index (χ3v) is 5.63. The molecule has 2 aromatic carbocycles. The molecule has 0 spiro atoms. The van der Waals surface area contributed by atoms with Crippen LogP contribution in [0.3, 0.4) is 0 Å². The fourth-order valence-corrected chi connectivity index (χ4v) is 3.72. The maximum absolute atomic E-state index is 13.1. The second-order valence-corrected chi connectivity index (χ2v) is 9.01. The number of amides is 1. The zero-order chi connectivity index (χ0) is 26.4. The minimum atomic E-state index is -4.76. The van der Waals surface area contributed by atoms with E-state index in [2.05, 4.69) is 15.3 Å². The van der Waals surface area contributed by atoms with Gasteiger partial charge in [-0.15, -0.1) is 0 Å². The average molecular weight is 538 g/mol. The van der Waals surface area contributed by atoms with Gasteiger partial charge in [-0.2, -0.15) is 18.3 Å². The van der Waals surface area contributed by atoms with Gasteiger partial charge in [-0.25, -0.2) is 18.6 Å². The molecule has 0 bridgehead atoms. The van der Waals surface area contributed by atoms with Crippen LogP contribution in [0, 0.1) is 0 Å². The summed E-state index contributed by atoms with van der Waals surface area (Å²) in [6.07, 6.45) is -3.84. The summed E-state index contributed by atoms with van der Waals surface area (Å²) in [4.78, 5) is 23.5. The summed E-state index contributed by atoms with van der Waals surface area (Å²) in [5.74, 6) is -0.756. The molecule has 2 rings (SSSR count). The third-order valence-electron chi connectivity index (χ3n) is 4.18. The maximum atomic E-state index is 13.1. The highest BCUT2D eigenvalue weighted by Gasteiger charge is 2.33. The van der Waals surface area contributed by atoms with E-state index in [0.717, 1.165) is 13.2 Å². The van der Waals surface area contributed by atoms with Crippen molar-refractivity contribution in [2.45, 2.75) is 6.18 Å². The van der Waals surface area contributed by atoms with E-state index in [1.54, 1.807) is 0 Å². The van der Waals surface area contributed by atoms with E-state index >= 15 is 0 Å². The van der Waals surface area contributed by atoms with Crippen LogP contribution in [0.25, 0.3) is 0 Å². The normalized spacial score (nSPS) is 11.7. The lowest BCUT2D eigenvalue weighted by Crippen LogP contribution is -2.39. The molecule has 0 radical (unpaired) electrons. The fourth-order valence-electron chi connectivity index (χ4n) is 2.59. The Morgan fingerprint density at radius 3 is 2.40 bits per heavy atom. The van der Waals surface area contributed by atoms with Crippen molar-refractivity contribution in [2.24, 2.45) is 5.10 Å². The number of sulfonamides is 1. The molecule has 0 unspecified atom stereocenters. The Hall–Kier alpha value is -3.52. The molecular weight excluding hydrogens is 519 g/mol. The number of carbonyl (C=O) groups excluding carboxylic acids is 2. The Labute approximate surface area is 203 Å². The monoisotopic (exact) mass is 537 g/mol. The van der Waals surface area contributed by atoms with Crippen molar-refractivity contribution in [3.63, 3.8) is 0 Å². The standard InChI is InChI=1S/C20H19ClF3N3O7S/c1-32-17-8-12(4-7-16(17)34-19(29)33-2)10-25-26-18(28)11-27(35(3,30)31)15-9-13(20(22,23)24)5-6-14(15)21/h4-10H,11H2,1-3H3,(H,26,28)/b25-10+. The molecule has 190 valence electrons. The number of rotatable bonds is 8. The van der Waals surface area contributed by atoms with Crippen LogP contribution in [0.2, 0.25) is 5.02 Å². The molecule has 0 aliphatic carbocycles. The van der Waals surface area contributed by atoms with Crippen LogP contribution in [0.1, 0.15) is 11.1 Å². The Morgan fingerprint density at radius 1 is 1.14 bits per heavy atom. The van der Waals surface area contributed by atoms with E-state index < -0.39 is 46.1 Å². The second-order valence-electron chi connectivity index (χ2n) is 6.69. The summed E-state index contributed by atoms with van der Waals surface area (Å²) in [6, 6.07) is 6.35. The molecule has 15 heteroatoms. The second kappa shape index (κ2) is 11.3. The molecule has 0 heterocycles. The number of hydrogen-bond donors (Lipinski definition) is 1. The molecule has 0 fully saturated rings. The molecule has 10 nitrogen and oxygen atoms in total. The Balaban J connectivity index is 2.19. The highest BCUT2D eigenvalue weighted by atomic mass is 35.5. The van der Waals surface area contributed by atoms with Crippen LogP contribution >= 0.6 is 11.6 Å². The van der Waals surface area contributed by atoms with Crippen molar-refractivity contribution in [1.29, 1.82) is 0 Å². The number of methoxy groups -OCH3 is 2. The first kappa shape index (κ1) is 27.7. The number of halogens is 4. The van der Waals surface area contributed by atoms with Crippen molar-refractivity contribution >= 4 is 45.6 Å². The molecule has 1 N–H and O–H groups in total. The number of hydrazone groups is 1. The predicted octanol–water partition coefficient (Wildman–Crippen LogP) is 3.43. The van der Waals surface area contributed by atoms with Gasteiger partial charge < -0.3 is 14.2 Å². The summed E-state index contributed by atoms with van der Waals surface area (Å²) in [5.41, 5.74) is 0.803. The molecule has 2 aromatic rings. The molecular formula is C20H19ClF3N3O7S. The first-order valence-electron chi connectivity index (χ1n) is 9.36. The third kappa shape index (κ3) is 7.75. The number of ether oxygens (including phenoxy) is 3. The lowest BCUT2D eigenvalue weighted by atomic mass is 10.2. The summed E-state index contributed by atoms with van der Waals surface area (Å²) in [7, 11) is -1.75. The van der Waals surface area contributed by atoms with Crippen LogP contribution in [-0.2, 0) is 25.7 Å². The van der Waals surface area contributed by atoms with Crippen LogP contribution < -0.4 is 19.2 Å². The molecule has 0 saturated carbocycles. The molecule has 0 aliphatic rings. The van der Waals surface area contributed by atoms with Crippen LogP contribution in [0.4, 0.5) is 23.7 Å². The SMILES string of the molecule is COC(=O)Oc1ccc(/C=N/NC(=O)CN(c2cc(C(F)(F)F)ccc2Cl)S(C)(=O)=O)cc1OC. The van der Waals surface area contributed by atoms with Gasteiger partial charge in [0.1, 0.15) is 6.54 Å². The zero-order valence-electron chi connectivity index (χ0n) is 18.4. The number of nitrogens with zero attached hydrogens (tertiary/aromatic N) is 2. The van der Waals surface area contributed by atoms with Gasteiger partial charge in [0.25, 0.3) is 5.91 Å². The van der Waals surface area contributed by atoms with Gasteiger partial charge in [-0.1, -0.05) is 11.6 Å². The fraction of sp³-hybridized carbons (Fsp3) is 0.250. The number of anilines is 1. The molecule has 35 heavy (non-hydrogen) atoms. The van der Waals surface area contributed by atoms with Gasteiger partial charge in [-0.05, 0) is 42.0 Å². The van der Waals surface area contributed by atoms with Crippen LogP contribution in [0.5, 0.6) is 11.5 Å². The largest absolute Gasteiger partial charge is 0.513 e. The average Bonchev–Trinajstić information content (AvgIpc) is 2.77. The minimum absolute atomic E-state index is 0.0577. The van der Waals surface area contributed by atoms with Crippen LogP contribution in [-0.4, -0.2) is 53.7 Å². The van der Waals surface area contributed by atoms with E-state index in [-0.39, 0.29) is 16.5 Å². The summed E-state index contributed by atoms with van der Waals surface area (Å²) >= 11 is 5.91. The number of hydrogen-bond acceptors (Lipinski definition) is 8. The van der Waals surface area contributed by atoms with Gasteiger partial charge in [0.05, 0.1) is 43.0 Å².